The van der Waals surface area contributed by atoms with Gasteiger partial charge < -0.3 is 25.3 Å². The van der Waals surface area contributed by atoms with Crippen molar-refractivity contribution in [2.24, 2.45) is 11.7 Å². The third-order valence-electron chi connectivity index (χ3n) is 7.67. The van der Waals surface area contributed by atoms with Crippen LogP contribution in [0.4, 0.5) is 18.0 Å². The van der Waals surface area contributed by atoms with Crippen LogP contribution >= 0.6 is 0 Å². The van der Waals surface area contributed by atoms with Gasteiger partial charge in [-0.25, -0.2) is 9.78 Å². The van der Waals surface area contributed by atoms with Gasteiger partial charge in [0.1, 0.15) is 28.8 Å². The first-order valence-electron chi connectivity index (χ1n) is 13.2. The molecule has 4 N–H and O–H groups in total. The number of carboxylic acid groups (broad SMARTS) is 1. The maximum atomic E-state index is 14.0. The van der Waals surface area contributed by atoms with Gasteiger partial charge in [-0.2, -0.15) is 27.4 Å². The van der Waals surface area contributed by atoms with Gasteiger partial charge in [-0.15, -0.1) is 0 Å². The summed E-state index contributed by atoms with van der Waals surface area (Å²) in [6.45, 7) is 0.0708. The van der Waals surface area contributed by atoms with Gasteiger partial charge in [-0.05, 0) is 43.7 Å². The fraction of sp³-hybridized carbons (Fsp3) is 0.444. The molecule has 2 atom stereocenters. The number of quaternary nitrogens is 1. The Balaban J connectivity index is 1.57. The normalized spacial score (nSPS) is 20.8. The number of aromatic nitrogens is 2. The predicted octanol–water partition coefficient (Wildman–Crippen LogP) is 3.74. The molecule has 14 heteroatoms. The molecule has 11 nitrogen and oxygen atoms in total. The highest BCUT2D eigenvalue weighted by Gasteiger charge is 2.57. The summed E-state index contributed by atoms with van der Waals surface area (Å²) in [6, 6.07) is 4.22. The molecule has 1 saturated heterocycles. The van der Waals surface area contributed by atoms with E-state index < -0.39 is 34.4 Å². The highest BCUT2D eigenvalue weighted by molar-refractivity contribution is 5.98. The fourth-order valence-electron chi connectivity index (χ4n) is 5.38. The summed E-state index contributed by atoms with van der Waals surface area (Å²) in [5.74, 6) is -1.00. The first-order valence-corrected chi connectivity index (χ1v) is 13.2. The van der Waals surface area contributed by atoms with Gasteiger partial charge in [0.05, 0.1) is 20.2 Å². The summed E-state index contributed by atoms with van der Waals surface area (Å²) in [5.41, 5.74) is 4.55. The van der Waals surface area contributed by atoms with Crippen LogP contribution in [0.25, 0.3) is 22.4 Å². The third-order valence-corrected chi connectivity index (χ3v) is 7.67. The summed E-state index contributed by atoms with van der Waals surface area (Å²) in [7, 11) is 1.30. The van der Waals surface area contributed by atoms with Crippen LogP contribution in [-0.4, -0.2) is 70.3 Å². The van der Waals surface area contributed by atoms with E-state index >= 15 is 0 Å². The minimum atomic E-state index is -4.69. The summed E-state index contributed by atoms with van der Waals surface area (Å²) in [4.78, 5) is 47.1. The summed E-state index contributed by atoms with van der Waals surface area (Å²) in [6.07, 6.45) is -3.60. The van der Waals surface area contributed by atoms with Gasteiger partial charge in [0.15, 0.2) is 0 Å². The second kappa shape index (κ2) is 10.7. The number of pyridine rings is 1. The number of rotatable bonds is 8. The number of hydrogen-bond donors (Lipinski definition) is 3. The van der Waals surface area contributed by atoms with Gasteiger partial charge in [0.2, 0.25) is 17.5 Å². The highest BCUT2D eigenvalue weighted by Crippen LogP contribution is 2.38. The van der Waals surface area contributed by atoms with E-state index in [9.17, 15) is 32.7 Å². The van der Waals surface area contributed by atoms with Crippen LogP contribution in [0.15, 0.2) is 28.7 Å². The number of nitrogens with zero attached hydrogens (tertiary/aromatic N) is 3. The second-order valence-electron chi connectivity index (χ2n) is 10.2. The monoisotopic (exact) mass is 576 g/mol. The van der Waals surface area contributed by atoms with E-state index in [0.717, 1.165) is 18.9 Å². The molecule has 218 valence electrons. The number of likely N-dealkylation sites (tertiary alicyclic amines) is 1. The molecular weight excluding hydrogens is 547 g/mol. The second-order valence-corrected chi connectivity index (χ2v) is 10.2. The summed E-state index contributed by atoms with van der Waals surface area (Å²) in [5, 5.41) is 13.3. The average molecular weight is 577 g/mol. The van der Waals surface area contributed by atoms with Crippen LogP contribution in [0.5, 0.6) is 5.75 Å². The zero-order valence-electron chi connectivity index (χ0n) is 22.2. The standard InChI is InChI=1S/C27H28F3N5O6/c1-40-18-8-6-17(16-7-9-20(27(28,29)30)33-21(16)18)24-34-22(19(41-24)10-11-31)25(37)35(26(38)39)12-2-3-15(35)13-32-23(36)14-4-5-14/h6-9,14-15H,2-5,10-13,31H2,1H3,(H-,32,36,38,39)/p+1/t15-,35-/m0/s1. The number of fused-ring (bicyclic) bond motifs is 1. The number of ether oxygens (including phenoxy) is 1. The van der Waals surface area contributed by atoms with E-state index in [1.165, 1.54) is 25.3 Å². The van der Waals surface area contributed by atoms with Gasteiger partial charge in [-0.3, -0.25) is 4.79 Å². The van der Waals surface area contributed by atoms with Gasteiger partial charge in [0.25, 0.3) is 0 Å². The molecule has 5 rings (SSSR count). The number of oxazole rings is 1. The molecule has 0 unspecified atom stereocenters. The minimum absolute atomic E-state index is 0.00199. The number of carbonyl (C=O) groups is 3. The van der Waals surface area contributed by atoms with Crippen molar-refractivity contribution in [3.05, 3.63) is 41.4 Å². The topological polar surface area (TPSA) is 158 Å². The van der Waals surface area contributed by atoms with Crippen molar-refractivity contribution in [1.82, 2.24) is 15.3 Å². The van der Waals surface area contributed by atoms with Crippen LogP contribution in [0.2, 0.25) is 0 Å². The lowest BCUT2D eigenvalue weighted by atomic mass is 10.1. The molecule has 3 amide bonds. The first-order chi connectivity index (χ1) is 19.5. The number of amides is 3. The number of benzene rings is 1. The number of imide groups is 1. The molecule has 0 radical (unpaired) electrons. The van der Waals surface area contributed by atoms with Gasteiger partial charge in [0, 0.05) is 36.1 Å². The van der Waals surface area contributed by atoms with E-state index in [1.807, 2.05) is 0 Å². The maximum Gasteiger partial charge on any atom is 0.521 e. The lowest BCUT2D eigenvalue weighted by molar-refractivity contribution is -0.787. The van der Waals surface area contributed by atoms with Crippen LogP contribution < -0.4 is 15.8 Å². The summed E-state index contributed by atoms with van der Waals surface area (Å²) >= 11 is 0. The Morgan fingerprint density at radius 2 is 1.93 bits per heavy atom. The van der Waals surface area contributed by atoms with Crippen molar-refractivity contribution in [2.45, 2.75) is 44.3 Å². The Labute approximate surface area is 232 Å². The lowest BCUT2D eigenvalue weighted by Crippen LogP contribution is -2.62. The number of methoxy groups -OCH3 is 1. The van der Waals surface area contributed by atoms with Crippen LogP contribution in [0.3, 0.4) is 0 Å². The number of nitrogens with two attached hydrogens (primary N) is 1. The molecule has 2 aliphatic rings. The van der Waals surface area contributed by atoms with Gasteiger partial charge >= 0.3 is 18.2 Å². The molecular formula is C27H29F3N5O6+. The SMILES string of the molecule is COc1ccc(-c2nc(C(=O)[N@+]3(C(=O)O)CCC[C@H]3CNC(=O)C3CC3)c(CCN)o2)c2ccc(C(F)(F)F)nc12. The largest absolute Gasteiger partial charge is 0.521 e. The number of alkyl halides is 3. The van der Waals surface area contributed by atoms with Crippen molar-refractivity contribution >= 4 is 28.8 Å². The molecule has 0 spiro atoms. The Morgan fingerprint density at radius 1 is 1.17 bits per heavy atom. The molecule has 41 heavy (non-hydrogen) atoms. The third kappa shape index (κ3) is 5.12. The number of nitrogens with one attached hydrogen (secondary N) is 1. The Hall–Kier alpha value is -4.04. The molecule has 1 aromatic carbocycles. The minimum Gasteiger partial charge on any atom is -0.494 e. The molecule has 1 saturated carbocycles. The molecule has 1 aliphatic carbocycles. The molecule has 0 bridgehead atoms. The maximum absolute atomic E-state index is 14.0. The van der Waals surface area contributed by atoms with Crippen LogP contribution in [-0.2, 0) is 17.4 Å². The Morgan fingerprint density at radius 3 is 2.56 bits per heavy atom. The Bertz CT molecular complexity index is 1520. The molecule has 1 aliphatic heterocycles. The van der Waals surface area contributed by atoms with Crippen LogP contribution in [0, 0.1) is 5.92 Å². The molecule has 3 aromatic rings. The Kier molecular flexibility index (Phi) is 7.46. The van der Waals surface area contributed by atoms with E-state index in [-0.39, 0.29) is 77.4 Å². The van der Waals surface area contributed by atoms with Crippen molar-refractivity contribution in [1.29, 1.82) is 0 Å². The fourth-order valence-corrected chi connectivity index (χ4v) is 5.38. The molecule has 3 heterocycles. The highest BCUT2D eigenvalue weighted by atomic mass is 19.4. The lowest BCUT2D eigenvalue weighted by Gasteiger charge is -2.31. The van der Waals surface area contributed by atoms with E-state index in [0.29, 0.717) is 12.8 Å². The van der Waals surface area contributed by atoms with E-state index in [1.54, 1.807) is 0 Å². The van der Waals surface area contributed by atoms with E-state index in [4.69, 9.17) is 14.9 Å². The zero-order chi connectivity index (χ0) is 29.5. The molecule has 2 aromatic heterocycles. The van der Waals surface area contributed by atoms with E-state index in [2.05, 4.69) is 15.3 Å². The quantitative estimate of drug-likeness (QED) is 0.340. The molecule has 2 fully saturated rings. The number of carbonyl (C=O) groups excluding carboxylic acids is 2. The van der Waals surface area contributed by atoms with Gasteiger partial charge in [-0.1, -0.05) is 0 Å². The number of hydrogen-bond acceptors (Lipinski definition) is 8. The number of halogens is 3. The average Bonchev–Trinajstić information content (AvgIpc) is 3.57. The van der Waals surface area contributed by atoms with Crippen molar-refractivity contribution in [3.63, 3.8) is 0 Å². The predicted molar refractivity (Wildman–Crippen MR) is 138 cm³/mol. The smallest absolute Gasteiger partial charge is 0.494 e. The van der Waals surface area contributed by atoms with Crippen molar-refractivity contribution in [3.8, 4) is 17.2 Å². The zero-order valence-corrected chi connectivity index (χ0v) is 22.2. The first kappa shape index (κ1) is 28.5. The summed E-state index contributed by atoms with van der Waals surface area (Å²) < 4.78 is 50.3. The van der Waals surface area contributed by atoms with Crippen molar-refractivity contribution in [2.75, 3.05) is 26.7 Å². The van der Waals surface area contributed by atoms with Crippen molar-refractivity contribution < 1.29 is 46.3 Å². The van der Waals surface area contributed by atoms with Crippen LogP contribution in [0.1, 0.15) is 47.6 Å².